The molecule has 2 aromatic carbocycles. The molecule has 1 aliphatic carbocycles. The van der Waals surface area contributed by atoms with E-state index in [1.807, 2.05) is 0 Å². The van der Waals surface area contributed by atoms with Crippen molar-refractivity contribution in [3.8, 4) is 11.8 Å². The highest BCUT2D eigenvalue weighted by atomic mass is 14.3. The van der Waals surface area contributed by atoms with Crippen molar-refractivity contribution in [3.05, 3.63) is 70.3 Å². The van der Waals surface area contributed by atoms with Gasteiger partial charge in [-0.2, -0.15) is 0 Å². The molecule has 0 amide bonds. The maximum Gasteiger partial charge on any atom is 0.0280 e. The molecule has 0 aromatic heterocycles. The number of hydrogen-bond acceptors (Lipinski definition) is 0. The van der Waals surface area contributed by atoms with Crippen molar-refractivity contribution in [3.63, 3.8) is 0 Å². The van der Waals surface area contributed by atoms with Gasteiger partial charge >= 0.3 is 0 Å². The minimum atomic E-state index is 0.758. The monoisotopic (exact) mass is 358 g/mol. The second kappa shape index (κ2) is 9.80. The summed E-state index contributed by atoms with van der Waals surface area (Å²) in [6.07, 6.45) is 11.2. The van der Waals surface area contributed by atoms with Crippen LogP contribution in [-0.4, -0.2) is 0 Å². The van der Waals surface area contributed by atoms with Gasteiger partial charge < -0.3 is 0 Å². The van der Waals surface area contributed by atoms with Crippen LogP contribution in [-0.2, 0) is 0 Å². The number of hydrogen-bond donors (Lipinski definition) is 0. The zero-order chi connectivity index (χ0) is 19.1. The van der Waals surface area contributed by atoms with E-state index >= 15 is 0 Å². The summed E-state index contributed by atoms with van der Waals surface area (Å²) in [5.41, 5.74) is 6.37. The van der Waals surface area contributed by atoms with E-state index < -0.39 is 0 Å². The molecule has 0 saturated heterocycles. The van der Waals surface area contributed by atoms with Crippen LogP contribution in [0.2, 0.25) is 0 Å². The Balaban J connectivity index is 1.57. The summed E-state index contributed by atoms with van der Waals surface area (Å²) in [5.74, 6) is 8.43. The lowest BCUT2D eigenvalue weighted by Gasteiger charge is -2.29. The number of unbranched alkanes of at least 4 members (excludes halogenated alkanes) is 2. The summed E-state index contributed by atoms with van der Waals surface area (Å²) in [5, 5.41) is 0. The minimum absolute atomic E-state index is 0.758. The predicted molar refractivity (Wildman–Crippen MR) is 117 cm³/mol. The van der Waals surface area contributed by atoms with E-state index in [-0.39, 0.29) is 0 Å². The predicted octanol–water partition coefficient (Wildman–Crippen LogP) is 7.56. The number of rotatable bonds is 5. The van der Waals surface area contributed by atoms with E-state index in [1.165, 1.54) is 68.1 Å². The molecule has 0 N–H and O–H groups in total. The van der Waals surface area contributed by atoms with Gasteiger partial charge in [0.05, 0.1) is 0 Å². The summed E-state index contributed by atoms with van der Waals surface area (Å²) >= 11 is 0. The Labute approximate surface area is 166 Å². The van der Waals surface area contributed by atoms with Gasteiger partial charge in [-0.25, -0.2) is 0 Å². The first-order chi connectivity index (χ1) is 13.2. The van der Waals surface area contributed by atoms with Gasteiger partial charge in [0.15, 0.2) is 0 Å². The van der Waals surface area contributed by atoms with Crippen LogP contribution in [0.25, 0.3) is 0 Å². The standard InChI is InChI=1S/C27H34/c1-4-5-6-9-23-12-17-26(18-13-23)27-19-14-24(15-20-27)11-16-25-10-7-8-21(2)22(25)3/h7-8,10,14-15,19-20,23,26H,4-6,9,12-13,17-18H2,1-3H3. The highest BCUT2D eigenvalue weighted by Crippen LogP contribution is 2.37. The third-order valence-electron chi connectivity index (χ3n) is 6.39. The van der Waals surface area contributed by atoms with Crippen LogP contribution in [0.1, 0.15) is 92.0 Å². The lowest BCUT2D eigenvalue weighted by atomic mass is 9.77. The fourth-order valence-corrected chi connectivity index (χ4v) is 4.33. The summed E-state index contributed by atoms with van der Waals surface area (Å²) < 4.78 is 0. The SMILES string of the molecule is CCCCCC1CCC(c2ccc(C#Cc3cccc(C)c3C)cc2)CC1. The van der Waals surface area contributed by atoms with E-state index in [4.69, 9.17) is 0 Å². The third kappa shape index (κ3) is 5.49. The van der Waals surface area contributed by atoms with Crippen LogP contribution in [0.4, 0.5) is 0 Å². The van der Waals surface area contributed by atoms with Gasteiger partial charge in [0.25, 0.3) is 0 Å². The number of benzene rings is 2. The van der Waals surface area contributed by atoms with Gasteiger partial charge in [-0.15, -0.1) is 0 Å². The molecule has 1 saturated carbocycles. The zero-order valence-electron chi connectivity index (χ0n) is 17.4. The third-order valence-corrected chi connectivity index (χ3v) is 6.39. The molecule has 0 nitrogen and oxygen atoms in total. The molecule has 142 valence electrons. The molecule has 0 bridgehead atoms. The first kappa shape index (κ1) is 19.8. The van der Waals surface area contributed by atoms with Crippen molar-refractivity contribution in [2.24, 2.45) is 5.92 Å². The van der Waals surface area contributed by atoms with Gasteiger partial charge in [-0.1, -0.05) is 68.7 Å². The normalized spacial score (nSPS) is 19.4. The average molecular weight is 359 g/mol. The summed E-state index contributed by atoms with van der Waals surface area (Å²) in [7, 11) is 0. The van der Waals surface area contributed by atoms with Crippen LogP contribution in [0.5, 0.6) is 0 Å². The van der Waals surface area contributed by atoms with Crippen molar-refractivity contribution in [1.82, 2.24) is 0 Å². The Bertz CT molecular complexity index is 777. The fraction of sp³-hybridized carbons (Fsp3) is 0.481. The summed E-state index contributed by atoms with van der Waals surface area (Å²) in [6, 6.07) is 15.4. The van der Waals surface area contributed by atoms with Crippen LogP contribution in [0.15, 0.2) is 42.5 Å². The quantitative estimate of drug-likeness (QED) is 0.382. The molecule has 0 radical (unpaired) electrons. The Hall–Kier alpha value is -2.00. The molecule has 3 rings (SSSR count). The van der Waals surface area contributed by atoms with Crippen molar-refractivity contribution in [1.29, 1.82) is 0 Å². The summed E-state index contributed by atoms with van der Waals surface area (Å²) in [6.45, 7) is 6.60. The molecule has 27 heavy (non-hydrogen) atoms. The van der Waals surface area contributed by atoms with Crippen molar-refractivity contribution in [2.45, 2.75) is 78.1 Å². The Morgan fingerprint density at radius 1 is 0.852 bits per heavy atom. The molecule has 2 aromatic rings. The van der Waals surface area contributed by atoms with Crippen LogP contribution in [0, 0.1) is 31.6 Å². The van der Waals surface area contributed by atoms with E-state index in [0.717, 1.165) is 23.0 Å². The molecule has 0 heterocycles. The van der Waals surface area contributed by atoms with Crippen LogP contribution < -0.4 is 0 Å². The largest absolute Gasteiger partial charge is 0.0654 e. The maximum atomic E-state index is 3.35. The smallest absolute Gasteiger partial charge is 0.0280 e. The molecule has 0 aliphatic heterocycles. The molecule has 1 aliphatic rings. The first-order valence-electron chi connectivity index (χ1n) is 10.9. The van der Waals surface area contributed by atoms with E-state index in [0.29, 0.717) is 0 Å². The lowest BCUT2D eigenvalue weighted by molar-refractivity contribution is 0.303. The van der Waals surface area contributed by atoms with E-state index in [9.17, 15) is 0 Å². The van der Waals surface area contributed by atoms with Gasteiger partial charge in [0.1, 0.15) is 0 Å². The van der Waals surface area contributed by atoms with Gasteiger partial charge in [0, 0.05) is 11.1 Å². The average Bonchev–Trinajstić information content (AvgIpc) is 2.70. The Morgan fingerprint density at radius 2 is 1.59 bits per heavy atom. The molecule has 0 atom stereocenters. The molecular formula is C27H34. The molecule has 1 fully saturated rings. The van der Waals surface area contributed by atoms with Gasteiger partial charge in [-0.3, -0.25) is 0 Å². The number of aryl methyl sites for hydroxylation is 1. The molecule has 0 spiro atoms. The van der Waals surface area contributed by atoms with E-state index in [2.05, 4.69) is 75.1 Å². The van der Waals surface area contributed by atoms with Gasteiger partial charge in [-0.05, 0) is 86.3 Å². The maximum absolute atomic E-state index is 3.35. The molecular weight excluding hydrogens is 324 g/mol. The van der Waals surface area contributed by atoms with Crippen molar-refractivity contribution < 1.29 is 0 Å². The van der Waals surface area contributed by atoms with Crippen molar-refractivity contribution in [2.75, 3.05) is 0 Å². The van der Waals surface area contributed by atoms with Gasteiger partial charge in [0.2, 0.25) is 0 Å². The topological polar surface area (TPSA) is 0 Å². The first-order valence-corrected chi connectivity index (χ1v) is 10.9. The second-order valence-electron chi connectivity index (χ2n) is 8.33. The molecule has 0 unspecified atom stereocenters. The fourth-order valence-electron chi connectivity index (χ4n) is 4.33. The summed E-state index contributed by atoms with van der Waals surface area (Å²) in [4.78, 5) is 0. The van der Waals surface area contributed by atoms with Crippen molar-refractivity contribution >= 4 is 0 Å². The van der Waals surface area contributed by atoms with Crippen LogP contribution in [0.3, 0.4) is 0 Å². The van der Waals surface area contributed by atoms with E-state index in [1.54, 1.807) is 0 Å². The Kier molecular flexibility index (Phi) is 7.17. The highest BCUT2D eigenvalue weighted by molar-refractivity contribution is 5.48. The zero-order valence-corrected chi connectivity index (χ0v) is 17.4. The molecule has 0 heteroatoms. The Morgan fingerprint density at radius 3 is 2.30 bits per heavy atom. The van der Waals surface area contributed by atoms with Crippen LogP contribution >= 0.6 is 0 Å². The highest BCUT2D eigenvalue weighted by Gasteiger charge is 2.21. The minimum Gasteiger partial charge on any atom is -0.0654 e. The lowest BCUT2D eigenvalue weighted by Crippen LogP contribution is -2.13. The second-order valence-corrected chi connectivity index (χ2v) is 8.33.